The number of benzene rings is 1. The van der Waals surface area contributed by atoms with Crippen LogP contribution in [-0.2, 0) is 12.7 Å². The van der Waals surface area contributed by atoms with E-state index >= 15 is 0 Å². The summed E-state index contributed by atoms with van der Waals surface area (Å²) in [5, 5.41) is 4.05. The fourth-order valence-corrected chi connectivity index (χ4v) is 2.40. The van der Waals surface area contributed by atoms with E-state index < -0.39 is 17.6 Å². The number of alkyl halides is 3. The van der Waals surface area contributed by atoms with Crippen LogP contribution in [0.1, 0.15) is 20.8 Å². The molecule has 20 heavy (non-hydrogen) atoms. The van der Waals surface area contributed by atoms with Crippen LogP contribution >= 0.6 is 11.3 Å². The van der Waals surface area contributed by atoms with E-state index in [1.807, 2.05) is 0 Å². The second kappa shape index (κ2) is 5.54. The van der Waals surface area contributed by atoms with Crippen LogP contribution in [0.5, 0.6) is 0 Å². The highest BCUT2D eigenvalue weighted by Crippen LogP contribution is 2.31. The summed E-state index contributed by atoms with van der Waals surface area (Å²) >= 11 is 1.14. The fraction of sp³-hybridized carbons (Fsp3) is 0.154. The Kier molecular flexibility index (Phi) is 3.99. The van der Waals surface area contributed by atoms with Crippen LogP contribution in [0.3, 0.4) is 0 Å². The number of carbonyl (C=O) groups is 1. The lowest BCUT2D eigenvalue weighted by Gasteiger charge is -2.12. The average Bonchev–Trinajstić information content (AvgIpc) is 2.82. The topological polar surface area (TPSA) is 55.1 Å². The lowest BCUT2D eigenvalue weighted by atomic mass is 10.1. The monoisotopic (exact) mass is 300 g/mol. The molecule has 0 atom stereocenters. The van der Waals surface area contributed by atoms with Crippen LogP contribution in [0.4, 0.5) is 18.9 Å². The van der Waals surface area contributed by atoms with Gasteiger partial charge in [0, 0.05) is 17.6 Å². The third-order valence-electron chi connectivity index (χ3n) is 2.61. The zero-order valence-corrected chi connectivity index (χ0v) is 11.0. The molecule has 1 aromatic heterocycles. The molecule has 0 aliphatic carbocycles. The Morgan fingerprint density at radius 2 is 2.00 bits per heavy atom. The van der Waals surface area contributed by atoms with Crippen molar-refractivity contribution in [3.63, 3.8) is 0 Å². The minimum atomic E-state index is -4.44. The molecule has 2 rings (SSSR count). The SMILES string of the molecule is Nc1csc(C(=O)NCc2ccccc2C(F)(F)F)c1. The summed E-state index contributed by atoms with van der Waals surface area (Å²) in [6.45, 7) is -0.188. The Bertz CT molecular complexity index is 622. The molecule has 0 aliphatic rings. The maximum absolute atomic E-state index is 12.8. The van der Waals surface area contributed by atoms with E-state index in [2.05, 4.69) is 5.32 Å². The highest BCUT2D eigenvalue weighted by atomic mass is 32.1. The third kappa shape index (κ3) is 3.30. The number of nitrogens with two attached hydrogens (primary N) is 1. The van der Waals surface area contributed by atoms with Crippen molar-refractivity contribution >= 4 is 22.9 Å². The molecule has 2 aromatic rings. The Hall–Kier alpha value is -2.02. The van der Waals surface area contributed by atoms with Gasteiger partial charge in [0.05, 0.1) is 10.4 Å². The van der Waals surface area contributed by atoms with Gasteiger partial charge in [-0.05, 0) is 17.7 Å². The number of hydrogen-bond donors (Lipinski definition) is 2. The van der Waals surface area contributed by atoms with Crippen LogP contribution in [-0.4, -0.2) is 5.91 Å². The van der Waals surface area contributed by atoms with Crippen molar-refractivity contribution in [2.45, 2.75) is 12.7 Å². The molecule has 7 heteroatoms. The minimum absolute atomic E-state index is 0.0258. The van der Waals surface area contributed by atoms with E-state index in [1.165, 1.54) is 24.3 Å². The Morgan fingerprint density at radius 1 is 1.30 bits per heavy atom. The van der Waals surface area contributed by atoms with Crippen molar-refractivity contribution in [3.05, 3.63) is 51.7 Å². The van der Waals surface area contributed by atoms with Gasteiger partial charge in [0.15, 0.2) is 0 Å². The maximum Gasteiger partial charge on any atom is 0.416 e. The van der Waals surface area contributed by atoms with E-state index in [9.17, 15) is 18.0 Å². The zero-order chi connectivity index (χ0) is 14.8. The number of hydrogen-bond acceptors (Lipinski definition) is 3. The first kappa shape index (κ1) is 14.4. The molecule has 1 amide bonds. The zero-order valence-electron chi connectivity index (χ0n) is 10.2. The van der Waals surface area contributed by atoms with E-state index in [4.69, 9.17) is 5.73 Å². The summed E-state index contributed by atoms with van der Waals surface area (Å²) in [5.41, 5.74) is 5.22. The first-order valence-electron chi connectivity index (χ1n) is 5.65. The fourth-order valence-electron chi connectivity index (χ4n) is 1.68. The molecule has 0 saturated carbocycles. The largest absolute Gasteiger partial charge is 0.416 e. The second-order valence-corrected chi connectivity index (χ2v) is 4.99. The number of anilines is 1. The summed E-state index contributed by atoms with van der Waals surface area (Å²) in [6, 6.07) is 6.63. The lowest BCUT2D eigenvalue weighted by Crippen LogP contribution is -2.23. The highest BCUT2D eigenvalue weighted by molar-refractivity contribution is 7.12. The molecule has 0 radical (unpaired) electrons. The molecule has 0 spiro atoms. The standard InChI is InChI=1S/C13H11F3N2OS/c14-13(15,16)10-4-2-1-3-8(10)6-18-12(19)11-5-9(17)7-20-11/h1-5,7H,6,17H2,(H,18,19). The summed E-state index contributed by atoms with van der Waals surface area (Å²) in [5.74, 6) is -0.441. The van der Waals surface area contributed by atoms with Crippen molar-refractivity contribution in [2.75, 3.05) is 5.73 Å². The average molecular weight is 300 g/mol. The van der Waals surface area contributed by atoms with Crippen LogP contribution in [0.25, 0.3) is 0 Å². The second-order valence-electron chi connectivity index (χ2n) is 4.08. The molecule has 106 valence electrons. The molecule has 0 fully saturated rings. The van der Waals surface area contributed by atoms with Gasteiger partial charge in [0.1, 0.15) is 0 Å². The van der Waals surface area contributed by atoms with Gasteiger partial charge < -0.3 is 11.1 Å². The summed E-state index contributed by atoms with van der Waals surface area (Å²) in [4.78, 5) is 12.1. The van der Waals surface area contributed by atoms with Crippen molar-refractivity contribution in [2.24, 2.45) is 0 Å². The number of nitrogens with one attached hydrogen (secondary N) is 1. The Labute approximate surface area is 117 Å². The van der Waals surface area contributed by atoms with Crippen molar-refractivity contribution in [3.8, 4) is 0 Å². The van der Waals surface area contributed by atoms with E-state index in [-0.39, 0.29) is 12.1 Å². The smallest absolute Gasteiger partial charge is 0.398 e. The summed E-state index contributed by atoms with van der Waals surface area (Å²) in [7, 11) is 0. The molecule has 0 bridgehead atoms. The van der Waals surface area contributed by atoms with Gasteiger partial charge >= 0.3 is 6.18 Å². The van der Waals surface area contributed by atoms with Gasteiger partial charge in [-0.3, -0.25) is 4.79 Å². The third-order valence-corrected chi connectivity index (χ3v) is 3.55. The molecule has 1 heterocycles. The summed E-state index contributed by atoms with van der Waals surface area (Å²) in [6.07, 6.45) is -4.44. The van der Waals surface area contributed by atoms with Crippen LogP contribution < -0.4 is 11.1 Å². The first-order chi connectivity index (χ1) is 9.38. The predicted octanol–water partition coefficient (Wildman–Crippen LogP) is 3.28. The quantitative estimate of drug-likeness (QED) is 0.914. The van der Waals surface area contributed by atoms with Crippen LogP contribution in [0.15, 0.2) is 35.7 Å². The minimum Gasteiger partial charge on any atom is -0.398 e. The Morgan fingerprint density at radius 3 is 2.60 bits per heavy atom. The van der Waals surface area contributed by atoms with Gasteiger partial charge in [-0.25, -0.2) is 0 Å². The number of thiophene rings is 1. The molecule has 0 unspecified atom stereocenters. The lowest BCUT2D eigenvalue weighted by molar-refractivity contribution is -0.138. The van der Waals surface area contributed by atoms with Gasteiger partial charge in [-0.1, -0.05) is 18.2 Å². The molecule has 0 saturated heterocycles. The molecule has 0 aliphatic heterocycles. The van der Waals surface area contributed by atoms with Crippen LogP contribution in [0, 0.1) is 0 Å². The van der Waals surface area contributed by atoms with Crippen molar-refractivity contribution in [1.29, 1.82) is 0 Å². The van der Waals surface area contributed by atoms with Crippen molar-refractivity contribution in [1.82, 2.24) is 5.32 Å². The van der Waals surface area contributed by atoms with E-state index in [0.29, 0.717) is 10.6 Å². The molecule has 1 aromatic carbocycles. The number of rotatable bonds is 3. The van der Waals surface area contributed by atoms with Gasteiger partial charge in [0.25, 0.3) is 5.91 Å². The number of nitrogen functional groups attached to an aromatic ring is 1. The van der Waals surface area contributed by atoms with Crippen molar-refractivity contribution < 1.29 is 18.0 Å². The normalized spacial score (nSPS) is 11.3. The van der Waals surface area contributed by atoms with Gasteiger partial charge in [0.2, 0.25) is 0 Å². The van der Waals surface area contributed by atoms with Gasteiger partial charge in [-0.2, -0.15) is 13.2 Å². The molecule has 3 N–H and O–H groups in total. The maximum atomic E-state index is 12.8. The number of amides is 1. The summed E-state index contributed by atoms with van der Waals surface area (Å²) < 4.78 is 38.3. The number of halogens is 3. The van der Waals surface area contributed by atoms with E-state index in [1.54, 1.807) is 5.38 Å². The first-order valence-corrected chi connectivity index (χ1v) is 6.53. The molecular weight excluding hydrogens is 289 g/mol. The number of carbonyl (C=O) groups excluding carboxylic acids is 1. The van der Waals surface area contributed by atoms with Gasteiger partial charge in [-0.15, -0.1) is 11.3 Å². The molecule has 3 nitrogen and oxygen atoms in total. The predicted molar refractivity (Wildman–Crippen MR) is 71.3 cm³/mol. The highest BCUT2D eigenvalue weighted by Gasteiger charge is 2.32. The van der Waals surface area contributed by atoms with E-state index in [0.717, 1.165) is 17.4 Å². The van der Waals surface area contributed by atoms with Crippen LogP contribution in [0.2, 0.25) is 0 Å². The Balaban J connectivity index is 2.10. The molecular formula is C13H11F3N2OS.